The van der Waals surface area contributed by atoms with E-state index in [1.54, 1.807) is 11.3 Å². The molecule has 2 aromatic heterocycles. The number of amides is 2. The average Bonchev–Trinajstić information content (AvgIpc) is 2.98. The summed E-state index contributed by atoms with van der Waals surface area (Å²) in [5, 5.41) is 9.89. The van der Waals surface area contributed by atoms with E-state index in [4.69, 9.17) is 11.6 Å². The summed E-state index contributed by atoms with van der Waals surface area (Å²) in [6.45, 7) is 2.51. The molecule has 1 atom stereocenters. The maximum atomic E-state index is 11.7. The molecule has 2 rings (SSSR count). The Hall–Kier alpha value is -1.04. The van der Waals surface area contributed by atoms with Crippen molar-refractivity contribution in [2.24, 2.45) is 0 Å². The number of hydrogen-bond acceptors (Lipinski definition) is 3. The molecule has 0 spiro atoms. The van der Waals surface area contributed by atoms with Gasteiger partial charge in [-0.15, -0.1) is 11.3 Å². The van der Waals surface area contributed by atoms with E-state index in [0.29, 0.717) is 6.54 Å². The molecule has 19 heavy (non-hydrogen) atoms. The zero-order valence-corrected chi connectivity index (χ0v) is 12.9. The number of hydrogen-bond donors (Lipinski definition) is 2. The zero-order valence-electron chi connectivity index (χ0n) is 10.5. The fraction of sp³-hybridized carbons (Fsp3) is 0.308. The summed E-state index contributed by atoms with van der Waals surface area (Å²) >= 11 is 8.98. The summed E-state index contributed by atoms with van der Waals surface area (Å²) in [7, 11) is 0. The van der Waals surface area contributed by atoms with Crippen molar-refractivity contribution in [2.75, 3.05) is 0 Å². The number of urea groups is 1. The lowest BCUT2D eigenvalue weighted by molar-refractivity contribution is 0.237. The van der Waals surface area contributed by atoms with E-state index < -0.39 is 0 Å². The van der Waals surface area contributed by atoms with Crippen LogP contribution in [0.3, 0.4) is 0 Å². The molecule has 3 nitrogen and oxygen atoms in total. The summed E-state index contributed by atoms with van der Waals surface area (Å²) in [5.74, 6) is 0. The molecule has 0 fully saturated rings. The molecule has 0 aliphatic heterocycles. The van der Waals surface area contributed by atoms with E-state index in [0.717, 1.165) is 15.6 Å². The van der Waals surface area contributed by atoms with Gasteiger partial charge in [-0.1, -0.05) is 11.6 Å². The van der Waals surface area contributed by atoms with Crippen molar-refractivity contribution in [3.05, 3.63) is 43.7 Å². The number of halogens is 1. The number of rotatable bonds is 5. The molecule has 0 aliphatic rings. The lowest BCUT2D eigenvalue weighted by atomic mass is 10.1. The predicted molar refractivity (Wildman–Crippen MR) is 82.2 cm³/mol. The van der Waals surface area contributed by atoms with Crippen LogP contribution in [-0.4, -0.2) is 12.1 Å². The van der Waals surface area contributed by atoms with Crippen LogP contribution in [0.15, 0.2) is 29.0 Å². The second-order valence-electron chi connectivity index (χ2n) is 4.27. The first-order valence-electron chi connectivity index (χ1n) is 5.93. The van der Waals surface area contributed by atoms with Crippen LogP contribution < -0.4 is 10.6 Å². The Labute approximate surface area is 125 Å². The number of carbonyl (C=O) groups excluding carboxylic acids is 1. The highest BCUT2D eigenvalue weighted by molar-refractivity contribution is 7.16. The van der Waals surface area contributed by atoms with Crippen molar-refractivity contribution in [2.45, 2.75) is 25.9 Å². The van der Waals surface area contributed by atoms with Crippen LogP contribution >= 0.6 is 34.3 Å². The summed E-state index contributed by atoms with van der Waals surface area (Å²) in [6, 6.07) is 5.80. The van der Waals surface area contributed by atoms with Gasteiger partial charge >= 0.3 is 6.03 Å². The summed E-state index contributed by atoms with van der Waals surface area (Å²) in [5.41, 5.74) is 1.25. The molecule has 0 radical (unpaired) electrons. The number of nitrogens with one attached hydrogen (secondary N) is 2. The summed E-state index contributed by atoms with van der Waals surface area (Å²) < 4.78 is 0.739. The van der Waals surface area contributed by atoms with Crippen molar-refractivity contribution in [1.82, 2.24) is 10.6 Å². The Balaban J connectivity index is 1.71. The Bertz CT molecular complexity index is 524. The third-order valence-corrected chi connectivity index (χ3v) is 4.51. The van der Waals surface area contributed by atoms with Gasteiger partial charge in [-0.3, -0.25) is 0 Å². The third kappa shape index (κ3) is 4.86. The first-order valence-corrected chi connectivity index (χ1v) is 8.07. The largest absolute Gasteiger partial charge is 0.335 e. The SMILES string of the molecule is C[C@H](Cc1ccsc1)NC(=O)NCc1ccc(Cl)s1. The van der Waals surface area contributed by atoms with Crippen LogP contribution in [0, 0.1) is 0 Å². The van der Waals surface area contributed by atoms with Gasteiger partial charge < -0.3 is 10.6 Å². The van der Waals surface area contributed by atoms with E-state index in [1.165, 1.54) is 16.9 Å². The van der Waals surface area contributed by atoms with Gasteiger partial charge in [-0.2, -0.15) is 11.3 Å². The molecular weight excluding hydrogens is 300 g/mol. The minimum atomic E-state index is -0.146. The quantitative estimate of drug-likeness (QED) is 0.863. The van der Waals surface area contributed by atoms with Gasteiger partial charge in [0.1, 0.15) is 0 Å². The Kier molecular flexibility index (Phi) is 5.24. The van der Waals surface area contributed by atoms with Gasteiger partial charge in [0.25, 0.3) is 0 Å². The molecule has 0 bridgehead atoms. The lowest BCUT2D eigenvalue weighted by Crippen LogP contribution is -2.41. The first kappa shape index (κ1) is 14.4. The van der Waals surface area contributed by atoms with Crippen molar-refractivity contribution < 1.29 is 4.79 Å². The minimum Gasteiger partial charge on any atom is -0.335 e. The van der Waals surface area contributed by atoms with Crippen molar-refractivity contribution in [3.8, 4) is 0 Å². The zero-order chi connectivity index (χ0) is 13.7. The molecule has 6 heteroatoms. The van der Waals surface area contributed by atoms with Gasteiger partial charge in [-0.25, -0.2) is 4.79 Å². The van der Waals surface area contributed by atoms with Crippen LogP contribution in [0.2, 0.25) is 4.34 Å². The highest BCUT2D eigenvalue weighted by atomic mass is 35.5. The fourth-order valence-electron chi connectivity index (χ4n) is 1.70. The predicted octanol–water partition coefficient (Wildman–Crippen LogP) is 3.89. The van der Waals surface area contributed by atoms with Crippen molar-refractivity contribution in [1.29, 1.82) is 0 Å². The van der Waals surface area contributed by atoms with Crippen LogP contribution in [0.4, 0.5) is 4.79 Å². The molecule has 0 saturated heterocycles. The normalized spacial score (nSPS) is 12.1. The van der Waals surface area contributed by atoms with Crippen molar-refractivity contribution in [3.63, 3.8) is 0 Å². The van der Waals surface area contributed by atoms with Crippen LogP contribution in [-0.2, 0) is 13.0 Å². The van der Waals surface area contributed by atoms with Gasteiger partial charge in [0.05, 0.1) is 10.9 Å². The monoisotopic (exact) mass is 314 g/mol. The standard InChI is InChI=1S/C13H15ClN2OS2/c1-9(6-10-4-5-18-8-10)16-13(17)15-7-11-2-3-12(14)19-11/h2-5,8-9H,6-7H2,1H3,(H2,15,16,17)/t9-/m1/s1. The second-order valence-corrected chi connectivity index (χ2v) is 6.85. The molecule has 2 heterocycles. The van der Waals surface area contributed by atoms with E-state index in [9.17, 15) is 4.79 Å². The van der Waals surface area contributed by atoms with Gasteiger partial charge in [0.15, 0.2) is 0 Å². The summed E-state index contributed by atoms with van der Waals surface area (Å²) in [4.78, 5) is 12.8. The number of carbonyl (C=O) groups is 1. The van der Waals surface area contributed by atoms with E-state index in [-0.39, 0.29) is 12.1 Å². The minimum absolute atomic E-state index is 0.113. The summed E-state index contributed by atoms with van der Waals surface area (Å²) in [6.07, 6.45) is 0.849. The molecule has 2 amide bonds. The molecular formula is C13H15ClN2OS2. The smallest absolute Gasteiger partial charge is 0.315 e. The van der Waals surface area contributed by atoms with Crippen LogP contribution in [0.5, 0.6) is 0 Å². The van der Waals surface area contributed by atoms with Crippen molar-refractivity contribution >= 4 is 40.3 Å². The molecule has 2 N–H and O–H groups in total. The van der Waals surface area contributed by atoms with E-state index in [1.807, 2.05) is 24.4 Å². The molecule has 0 aromatic carbocycles. The van der Waals surface area contributed by atoms with E-state index in [2.05, 4.69) is 22.1 Å². The highest BCUT2D eigenvalue weighted by Gasteiger charge is 2.08. The Morgan fingerprint density at radius 3 is 2.89 bits per heavy atom. The van der Waals surface area contributed by atoms with Gasteiger partial charge in [0, 0.05) is 10.9 Å². The maximum absolute atomic E-state index is 11.7. The topological polar surface area (TPSA) is 41.1 Å². The van der Waals surface area contributed by atoms with Crippen LogP contribution in [0.25, 0.3) is 0 Å². The highest BCUT2D eigenvalue weighted by Crippen LogP contribution is 2.20. The maximum Gasteiger partial charge on any atom is 0.315 e. The molecule has 102 valence electrons. The third-order valence-electron chi connectivity index (χ3n) is 2.55. The second kappa shape index (κ2) is 6.93. The lowest BCUT2D eigenvalue weighted by Gasteiger charge is -2.13. The Morgan fingerprint density at radius 1 is 1.42 bits per heavy atom. The molecule has 0 unspecified atom stereocenters. The van der Waals surface area contributed by atoms with Gasteiger partial charge in [-0.05, 0) is 47.9 Å². The average molecular weight is 315 g/mol. The molecule has 2 aromatic rings. The first-order chi connectivity index (χ1) is 9.13. The Morgan fingerprint density at radius 2 is 2.26 bits per heavy atom. The van der Waals surface area contributed by atoms with E-state index >= 15 is 0 Å². The molecule has 0 saturated carbocycles. The fourth-order valence-corrected chi connectivity index (χ4v) is 3.41. The molecule has 0 aliphatic carbocycles. The van der Waals surface area contributed by atoms with Crippen LogP contribution in [0.1, 0.15) is 17.4 Å². The van der Waals surface area contributed by atoms with Gasteiger partial charge in [0.2, 0.25) is 0 Å². The number of thiophene rings is 2.